The molecule has 0 aliphatic heterocycles. The van der Waals surface area contributed by atoms with Gasteiger partial charge >= 0.3 is 0 Å². The van der Waals surface area contributed by atoms with Crippen LogP contribution in [0.1, 0.15) is 27.4 Å². The maximum atomic E-state index is 12.1. The normalized spacial score (nSPS) is 11.0. The number of hydrogen-bond acceptors (Lipinski definition) is 5. The fraction of sp³-hybridized carbons (Fsp3) is 0.0952. The number of carbonyl (C=O) groups is 1. The first-order valence-corrected chi connectivity index (χ1v) is 8.04. The molecule has 0 aliphatic carbocycles. The van der Waals surface area contributed by atoms with E-state index >= 15 is 0 Å². The molecule has 2 aromatic carbocycles. The van der Waals surface area contributed by atoms with Crippen molar-refractivity contribution >= 4 is 11.9 Å². The van der Waals surface area contributed by atoms with E-state index < -0.39 is 5.78 Å². The van der Waals surface area contributed by atoms with Crippen molar-refractivity contribution < 1.29 is 24.2 Å². The van der Waals surface area contributed by atoms with Gasteiger partial charge in [0.05, 0.1) is 5.56 Å². The molecule has 5 nitrogen and oxygen atoms in total. The minimum Gasteiger partial charge on any atom is -0.508 e. The number of hydrogen-bond donors (Lipinski definition) is 2. The second-order valence-electron chi connectivity index (χ2n) is 5.76. The molecule has 0 radical (unpaired) electrons. The molecule has 0 aliphatic rings. The van der Waals surface area contributed by atoms with Crippen molar-refractivity contribution in [3.8, 4) is 17.2 Å². The lowest BCUT2D eigenvalue weighted by Crippen LogP contribution is -1.95. The van der Waals surface area contributed by atoms with Crippen molar-refractivity contribution in [1.82, 2.24) is 0 Å². The van der Waals surface area contributed by atoms with Crippen molar-refractivity contribution in [1.29, 1.82) is 0 Å². The van der Waals surface area contributed by atoms with Gasteiger partial charge in [0.15, 0.2) is 5.78 Å². The molecule has 0 saturated carbocycles. The minimum atomic E-state index is -0.392. The van der Waals surface area contributed by atoms with Crippen LogP contribution in [0.15, 0.2) is 65.1 Å². The zero-order valence-electron chi connectivity index (χ0n) is 14.2. The van der Waals surface area contributed by atoms with Crippen LogP contribution >= 0.6 is 0 Å². The lowest BCUT2D eigenvalue weighted by atomic mass is 10.1. The highest BCUT2D eigenvalue weighted by atomic mass is 16.5. The summed E-state index contributed by atoms with van der Waals surface area (Å²) in [5, 5.41) is 19.0. The Balaban J connectivity index is 1.63. The van der Waals surface area contributed by atoms with E-state index in [1.165, 1.54) is 24.3 Å². The summed E-state index contributed by atoms with van der Waals surface area (Å²) in [6.45, 7) is 2.25. The number of para-hydroxylation sites is 1. The maximum Gasteiger partial charge on any atom is 0.189 e. The monoisotopic (exact) mass is 350 g/mol. The third-order valence-corrected chi connectivity index (χ3v) is 3.79. The Morgan fingerprint density at radius 2 is 1.92 bits per heavy atom. The van der Waals surface area contributed by atoms with Gasteiger partial charge in [-0.1, -0.05) is 18.2 Å². The van der Waals surface area contributed by atoms with Crippen molar-refractivity contribution in [2.45, 2.75) is 13.5 Å². The lowest BCUT2D eigenvalue weighted by molar-refractivity contribution is 0.104. The maximum absolute atomic E-state index is 12.1. The number of phenols is 2. The molecule has 3 aromatic rings. The van der Waals surface area contributed by atoms with E-state index in [-0.39, 0.29) is 23.7 Å². The average Bonchev–Trinajstić information content (AvgIpc) is 3.07. The van der Waals surface area contributed by atoms with E-state index in [0.29, 0.717) is 11.5 Å². The number of phenolic OH excluding ortho intramolecular Hbond substituents is 2. The molecule has 0 amide bonds. The van der Waals surface area contributed by atoms with Crippen molar-refractivity contribution in [3.05, 3.63) is 83.3 Å². The molecule has 3 rings (SSSR count). The number of ether oxygens (including phenoxy) is 1. The molecule has 2 N–H and O–H groups in total. The molecule has 1 aromatic heterocycles. The van der Waals surface area contributed by atoms with Crippen LogP contribution in [-0.2, 0) is 6.61 Å². The highest BCUT2D eigenvalue weighted by Crippen LogP contribution is 2.24. The second kappa shape index (κ2) is 7.61. The van der Waals surface area contributed by atoms with Crippen LogP contribution in [0, 0.1) is 6.92 Å². The number of rotatable bonds is 6. The fourth-order valence-corrected chi connectivity index (χ4v) is 2.40. The van der Waals surface area contributed by atoms with Crippen LogP contribution < -0.4 is 4.74 Å². The summed E-state index contributed by atoms with van der Waals surface area (Å²) in [4.78, 5) is 12.1. The van der Waals surface area contributed by atoms with Crippen LogP contribution in [-0.4, -0.2) is 16.0 Å². The van der Waals surface area contributed by atoms with Crippen molar-refractivity contribution in [3.63, 3.8) is 0 Å². The van der Waals surface area contributed by atoms with E-state index in [2.05, 4.69) is 0 Å². The van der Waals surface area contributed by atoms with E-state index in [9.17, 15) is 15.0 Å². The van der Waals surface area contributed by atoms with Gasteiger partial charge in [-0.15, -0.1) is 0 Å². The lowest BCUT2D eigenvalue weighted by Gasteiger charge is -2.06. The summed E-state index contributed by atoms with van der Waals surface area (Å²) in [5.74, 6) is 1.15. The van der Waals surface area contributed by atoms with Gasteiger partial charge in [0.1, 0.15) is 35.4 Å². The Labute approximate surface area is 150 Å². The predicted octanol–water partition coefficient (Wildman–Crippen LogP) is 4.47. The number of carbonyl (C=O) groups excluding carboxylic acids is 1. The summed E-state index contributed by atoms with van der Waals surface area (Å²) in [6.07, 6.45) is 2.82. The smallest absolute Gasteiger partial charge is 0.189 e. The first-order chi connectivity index (χ1) is 12.5. The highest BCUT2D eigenvalue weighted by Gasteiger charge is 2.09. The fourth-order valence-electron chi connectivity index (χ4n) is 2.40. The minimum absolute atomic E-state index is 0.104. The van der Waals surface area contributed by atoms with E-state index in [0.717, 1.165) is 17.4 Å². The number of ketones is 1. The SMILES string of the molecule is Cc1ccccc1OCc1ccc(/C=C/C(=O)c2ccc(O)cc2O)o1. The van der Waals surface area contributed by atoms with Crippen LogP contribution in [0.25, 0.3) is 6.08 Å². The summed E-state index contributed by atoms with van der Waals surface area (Å²) >= 11 is 0. The average molecular weight is 350 g/mol. The Hall–Kier alpha value is -3.47. The largest absolute Gasteiger partial charge is 0.508 e. The summed E-state index contributed by atoms with van der Waals surface area (Å²) < 4.78 is 11.3. The third-order valence-electron chi connectivity index (χ3n) is 3.79. The number of aryl methyl sites for hydroxylation is 1. The summed E-state index contributed by atoms with van der Waals surface area (Å²) in [6, 6.07) is 15.0. The first kappa shape index (κ1) is 17.4. The van der Waals surface area contributed by atoms with Gasteiger partial charge in [-0.2, -0.15) is 0 Å². The van der Waals surface area contributed by atoms with E-state index in [1.807, 2.05) is 31.2 Å². The van der Waals surface area contributed by atoms with E-state index in [4.69, 9.17) is 9.15 Å². The molecule has 0 spiro atoms. The van der Waals surface area contributed by atoms with Crippen LogP contribution in [0.5, 0.6) is 17.2 Å². The summed E-state index contributed by atoms with van der Waals surface area (Å²) in [5.41, 5.74) is 1.15. The highest BCUT2D eigenvalue weighted by molar-refractivity contribution is 6.08. The Morgan fingerprint density at radius 3 is 2.69 bits per heavy atom. The number of furan rings is 1. The number of aromatic hydroxyl groups is 2. The molecular formula is C21H18O5. The molecule has 0 bridgehead atoms. The van der Waals surface area contributed by atoms with Gasteiger partial charge in [-0.05, 0) is 55.0 Å². The molecule has 0 atom stereocenters. The summed E-state index contributed by atoms with van der Waals surface area (Å²) in [7, 11) is 0. The molecule has 1 heterocycles. The second-order valence-corrected chi connectivity index (χ2v) is 5.76. The Morgan fingerprint density at radius 1 is 1.12 bits per heavy atom. The number of allylic oxidation sites excluding steroid dienone is 1. The van der Waals surface area contributed by atoms with Gasteiger partial charge in [0.25, 0.3) is 0 Å². The van der Waals surface area contributed by atoms with Crippen molar-refractivity contribution in [2.75, 3.05) is 0 Å². The predicted molar refractivity (Wildman–Crippen MR) is 97.4 cm³/mol. The topological polar surface area (TPSA) is 79.9 Å². The quantitative estimate of drug-likeness (QED) is 0.506. The van der Waals surface area contributed by atoms with E-state index in [1.54, 1.807) is 12.1 Å². The number of benzene rings is 2. The van der Waals surface area contributed by atoms with Gasteiger partial charge in [0, 0.05) is 6.07 Å². The molecule has 0 unspecified atom stereocenters. The molecule has 5 heteroatoms. The molecule has 0 saturated heterocycles. The van der Waals surface area contributed by atoms with Gasteiger partial charge in [0.2, 0.25) is 0 Å². The van der Waals surface area contributed by atoms with Crippen LogP contribution in [0.4, 0.5) is 0 Å². The third kappa shape index (κ3) is 4.13. The standard InChI is InChI=1S/C21H18O5/c1-14-4-2-3-5-21(14)25-13-17-8-7-16(26-17)9-11-19(23)18-10-6-15(22)12-20(18)24/h2-12,22,24H,13H2,1H3/b11-9+. The first-order valence-electron chi connectivity index (χ1n) is 8.04. The van der Waals surface area contributed by atoms with Crippen LogP contribution in [0.2, 0.25) is 0 Å². The Kier molecular flexibility index (Phi) is 5.08. The van der Waals surface area contributed by atoms with Gasteiger partial charge in [-0.25, -0.2) is 0 Å². The van der Waals surface area contributed by atoms with Gasteiger partial charge in [-0.3, -0.25) is 4.79 Å². The zero-order chi connectivity index (χ0) is 18.5. The zero-order valence-corrected chi connectivity index (χ0v) is 14.2. The van der Waals surface area contributed by atoms with Crippen molar-refractivity contribution in [2.24, 2.45) is 0 Å². The van der Waals surface area contributed by atoms with Gasteiger partial charge < -0.3 is 19.4 Å². The molecule has 0 fully saturated rings. The van der Waals surface area contributed by atoms with Crippen LogP contribution in [0.3, 0.4) is 0 Å². The Bertz CT molecular complexity index is 953. The molecule has 132 valence electrons. The molecular weight excluding hydrogens is 332 g/mol. The molecule has 26 heavy (non-hydrogen) atoms.